The van der Waals surface area contributed by atoms with Crippen molar-refractivity contribution < 1.29 is 23.1 Å². The highest BCUT2D eigenvalue weighted by atomic mass is 28.4. The SMILES string of the molecule is CC(C)[Si](OC[C@H]1O[C@]2(C[C@@H]1O[Si](C(C)C)(C(C)C)C(C)C)Cn1c(C=O)ccc1CO2)(C(C)C)C(C)C. The van der Waals surface area contributed by atoms with Crippen LogP contribution in [0.1, 0.15) is 106 Å². The number of aromatic nitrogens is 1. The first-order valence-electron chi connectivity index (χ1n) is 14.9. The van der Waals surface area contributed by atoms with Crippen molar-refractivity contribution in [2.24, 2.45) is 0 Å². The zero-order chi connectivity index (χ0) is 28.6. The van der Waals surface area contributed by atoms with E-state index in [1.807, 2.05) is 12.1 Å². The van der Waals surface area contributed by atoms with E-state index in [0.717, 1.165) is 12.0 Å². The molecule has 0 N–H and O–H groups in total. The topological polar surface area (TPSA) is 58.9 Å². The fourth-order valence-corrected chi connectivity index (χ4v) is 19.2. The fourth-order valence-electron chi connectivity index (χ4n) is 8.13. The quantitative estimate of drug-likeness (QED) is 0.189. The number of rotatable bonds is 12. The largest absolute Gasteiger partial charge is 0.413 e. The van der Waals surface area contributed by atoms with Gasteiger partial charge in [0.05, 0.1) is 31.6 Å². The van der Waals surface area contributed by atoms with Crippen molar-refractivity contribution in [1.82, 2.24) is 4.57 Å². The number of carbonyl (C=O) groups excluding carboxylic acids is 1. The molecule has 0 saturated carbocycles. The molecule has 2 aliphatic rings. The van der Waals surface area contributed by atoms with Crippen molar-refractivity contribution in [2.75, 3.05) is 6.61 Å². The summed E-state index contributed by atoms with van der Waals surface area (Å²) in [6, 6.07) is 3.85. The van der Waals surface area contributed by atoms with Gasteiger partial charge in [-0.05, 0) is 45.4 Å². The predicted octanol–water partition coefficient (Wildman–Crippen LogP) is 8.07. The lowest BCUT2D eigenvalue weighted by Gasteiger charge is -2.45. The highest BCUT2D eigenvalue weighted by Gasteiger charge is 2.56. The Morgan fingerprint density at radius 2 is 1.42 bits per heavy atom. The van der Waals surface area contributed by atoms with Crippen LogP contribution >= 0.6 is 0 Å². The van der Waals surface area contributed by atoms with Crippen LogP contribution in [-0.2, 0) is 31.5 Å². The number of hydrogen-bond donors (Lipinski definition) is 0. The van der Waals surface area contributed by atoms with Crippen molar-refractivity contribution in [2.45, 2.75) is 154 Å². The van der Waals surface area contributed by atoms with Crippen LogP contribution in [0.25, 0.3) is 0 Å². The van der Waals surface area contributed by atoms with Crippen LogP contribution in [0.5, 0.6) is 0 Å². The standard InChI is InChI=1S/C30H55NO5Si2/c1-20(2)37(21(3)4,22(5)6)34-18-29-28(36-38(23(7)8,24(9)10)25(11)12)15-30(35-29)19-31-26(16-32)13-14-27(31)17-33-30/h13-14,16,20-25,28-29H,15,17-19H2,1-12H3/t28-,29+,30+/m0/s1. The molecule has 218 valence electrons. The summed E-state index contributed by atoms with van der Waals surface area (Å²) in [5.74, 6) is -0.814. The summed E-state index contributed by atoms with van der Waals surface area (Å²) < 4.78 is 29.9. The molecule has 0 unspecified atom stereocenters. The van der Waals surface area contributed by atoms with Crippen molar-refractivity contribution in [1.29, 1.82) is 0 Å². The molecule has 3 rings (SSSR count). The third-order valence-corrected chi connectivity index (χ3v) is 21.9. The minimum absolute atomic E-state index is 0.108. The Kier molecular flexibility index (Phi) is 10.0. The number of fused-ring (bicyclic) bond motifs is 1. The molecular weight excluding hydrogens is 511 g/mol. The maximum atomic E-state index is 11.8. The monoisotopic (exact) mass is 565 g/mol. The van der Waals surface area contributed by atoms with E-state index in [1.54, 1.807) is 0 Å². The van der Waals surface area contributed by atoms with Crippen LogP contribution in [0.2, 0.25) is 33.2 Å². The smallest absolute Gasteiger partial charge is 0.200 e. The summed E-state index contributed by atoms with van der Waals surface area (Å²) >= 11 is 0. The predicted molar refractivity (Wildman–Crippen MR) is 160 cm³/mol. The summed E-state index contributed by atoms with van der Waals surface area (Å²) in [6.07, 6.45) is 1.26. The first-order chi connectivity index (χ1) is 17.7. The van der Waals surface area contributed by atoms with Crippen molar-refractivity contribution in [3.05, 3.63) is 23.5 Å². The highest BCUT2D eigenvalue weighted by Crippen LogP contribution is 2.48. The van der Waals surface area contributed by atoms with Crippen molar-refractivity contribution in [3.8, 4) is 0 Å². The van der Waals surface area contributed by atoms with Gasteiger partial charge in [0.15, 0.2) is 20.4 Å². The molecular formula is C30H55NO5Si2. The van der Waals surface area contributed by atoms with E-state index < -0.39 is 22.4 Å². The molecule has 1 aromatic heterocycles. The molecule has 0 radical (unpaired) electrons. The highest BCUT2D eigenvalue weighted by molar-refractivity contribution is 6.78. The number of hydrogen-bond acceptors (Lipinski definition) is 5. The maximum Gasteiger partial charge on any atom is 0.200 e. The van der Waals surface area contributed by atoms with E-state index in [-0.39, 0.29) is 12.2 Å². The summed E-state index contributed by atoms with van der Waals surface area (Å²) in [5, 5.41) is 0. The van der Waals surface area contributed by atoms with Gasteiger partial charge in [0.2, 0.25) is 8.32 Å². The van der Waals surface area contributed by atoms with Gasteiger partial charge in [-0.25, -0.2) is 0 Å². The minimum atomic E-state index is -2.17. The Labute approximate surface area is 234 Å². The normalized spacial score (nSPS) is 24.7. The Hall–Kier alpha value is -0.776. The van der Waals surface area contributed by atoms with Gasteiger partial charge in [0.1, 0.15) is 6.10 Å². The summed E-state index contributed by atoms with van der Waals surface area (Å²) in [4.78, 5) is 11.8. The van der Waals surface area contributed by atoms with Gasteiger partial charge in [0, 0.05) is 12.1 Å². The minimum Gasteiger partial charge on any atom is -0.413 e. The molecule has 0 aromatic carbocycles. The lowest BCUT2D eigenvalue weighted by Crippen LogP contribution is -2.53. The van der Waals surface area contributed by atoms with E-state index >= 15 is 0 Å². The molecule has 0 amide bonds. The lowest BCUT2D eigenvalue weighted by molar-refractivity contribution is -0.255. The molecule has 8 heteroatoms. The molecule has 1 spiro atoms. The Bertz CT molecular complexity index is 898. The molecule has 6 nitrogen and oxygen atoms in total. The number of ether oxygens (including phenoxy) is 2. The fraction of sp³-hybridized carbons (Fsp3) is 0.833. The first-order valence-corrected chi connectivity index (χ1v) is 19.2. The van der Waals surface area contributed by atoms with Gasteiger partial charge < -0.3 is 22.9 Å². The number of aldehydes is 1. The van der Waals surface area contributed by atoms with E-state index in [4.69, 9.17) is 18.3 Å². The van der Waals surface area contributed by atoms with E-state index in [2.05, 4.69) is 87.7 Å². The van der Waals surface area contributed by atoms with Gasteiger partial charge >= 0.3 is 0 Å². The molecule has 2 aliphatic heterocycles. The second-order valence-electron chi connectivity index (χ2n) is 13.6. The van der Waals surface area contributed by atoms with Crippen LogP contribution in [0, 0.1) is 0 Å². The molecule has 38 heavy (non-hydrogen) atoms. The van der Waals surface area contributed by atoms with Gasteiger partial charge in [0.25, 0.3) is 0 Å². The molecule has 0 aliphatic carbocycles. The molecule has 1 saturated heterocycles. The Balaban J connectivity index is 1.98. The van der Waals surface area contributed by atoms with Crippen LogP contribution in [-0.4, -0.2) is 52.1 Å². The lowest BCUT2D eigenvalue weighted by atomic mass is 10.1. The first kappa shape index (κ1) is 31.7. The zero-order valence-electron chi connectivity index (χ0n) is 26.2. The van der Waals surface area contributed by atoms with Gasteiger partial charge in [-0.1, -0.05) is 83.1 Å². The average Bonchev–Trinajstić information content (AvgIpc) is 3.36. The Morgan fingerprint density at radius 3 is 1.89 bits per heavy atom. The second kappa shape index (κ2) is 12.0. The van der Waals surface area contributed by atoms with E-state index in [0.29, 0.717) is 65.1 Å². The average molecular weight is 566 g/mol. The van der Waals surface area contributed by atoms with Crippen LogP contribution in [0.15, 0.2) is 12.1 Å². The van der Waals surface area contributed by atoms with Crippen LogP contribution in [0.4, 0.5) is 0 Å². The summed E-state index contributed by atoms with van der Waals surface area (Å²) in [6.45, 7) is 29.4. The molecule has 3 heterocycles. The van der Waals surface area contributed by atoms with Crippen LogP contribution in [0.3, 0.4) is 0 Å². The maximum absolute atomic E-state index is 11.8. The van der Waals surface area contributed by atoms with Crippen molar-refractivity contribution >= 4 is 22.9 Å². The summed E-state index contributed by atoms with van der Waals surface area (Å²) in [5.41, 5.74) is 4.59. The zero-order valence-corrected chi connectivity index (χ0v) is 28.2. The third-order valence-electron chi connectivity index (χ3n) is 9.67. The molecule has 1 fully saturated rings. The van der Waals surface area contributed by atoms with E-state index in [9.17, 15) is 4.79 Å². The molecule has 1 aromatic rings. The van der Waals surface area contributed by atoms with Gasteiger partial charge in [-0.2, -0.15) is 0 Å². The number of nitrogens with zero attached hydrogens (tertiary/aromatic N) is 1. The number of carbonyl (C=O) groups is 1. The van der Waals surface area contributed by atoms with E-state index in [1.165, 1.54) is 0 Å². The van der Waals surface area contributed by atoms with Crippen molar-refractivity contribution in [3.63, 3.8) is 0 Å². The Morgan fingerprint density at radius 1 is 0.895 bits per heavy atom. The molecule has 3 atom stereocenters. The molecule has 0 bridgehead atoms. The van der Waals surface area contributed by atoms with Gasteiger partial charge in [-0.15, -0.1) is 0 Å². The third kappa shape index (κ3) is 5.55. The van der Waals surface area contributed by atoms with Crippen LogP contribution < -0.4 is 0 Å². The second-order valence-corrected chi connectivity index (χ2v) is 24.5. The van der Waals surface area contributed by atoms with Gasteiger partial charge in [-0.3, -0.25) is 4.79 Å². The summed E-state index contributed by atoms with van der Waals surface area (Å²) in [7, 11) is -4.26.